The van der Waals surface area contributed by atoms with E-state index in [9.17, 15) is 8.42 Å². The van der Waals surface area contributed by atoms with Crippen LogP contribution >= 0.6 is 11.8 Å². The van der Waals surface area contributed by atoms with E-state index in [0.29, 0.717) is 5.75 Å². The molecule has 102 valence electrons. The lowest BCUT2D eigenvalue weighted by atomic mass is 10.3. The fourth-order valence-corrected chi connectivity index (χ4v) is 3.58. The van der Waals surface area contributed by atoms with Crippen LogP contribution in [0.4, 0.5) is 0 Å². The van der Waals surface area contributed by atoms with Crippen molar-refractivity contribution in [3.8, 4) is 0 Å². The van der Waals surface area contributed by atoms with Crippen molar-refractivity contribution >= 4 is 21.6 Å². The number of pyridine rings is 1. The molecule has 0 unspecified atom stereocenters. The fraction of sp³-hybridized carbons (Fsp3) is 0.583. The second-order valence-corrected chi connectivity index (χ2v) is 7.47. The summed E-state index contributed by atoms with van der Waals surface area (Å²) in [6.45, 7) is 3.88. The minimum atomic E-state index is -2.89. The summed E-state index contributed by atoms with van der Waals surface area (Å²) >= 11 is 1.50. The monoisotopic (exact) mass is 288 g/mol. The Morgan fingerprint density at radius 3 is 2.89 bits per heavy atom. The van der Waals surface area contributed by atoms with E-state index in [1.165, 1.54) is 18.0 Å². The molecular weight excluding hydrogens is 268 g/mol. The highest BCUT2D eigenvalue weighted by molar-refractivity contribution is 8.00. The van der Waals surface area contributed by atoms with E-state index in [4.69, 9.17) is 0 Å². The van der Waals surface area contributed by atoms with Gasteiger partial charge in [0.15, 0.2) is 0 Å². The minimum absolute atomic E-state index is 0.191. The molecule has 18 heavy (non-hydrogen) atoms. The van der Waals surface area contributed by atoms with E-state index in [-0.39, 0.29) is 5.75 Å². The summed E-state index contributed by atoms with van der Waals surface area (Å²) in [7, 11) is -2.89. The average Bonchev–Trinajstić information content (AvgIpc) is 2.30. The van der Waals surface area contributed by atoms with Crippen LogP contribution in [0, 0.1) is 0 Å². The average molecular weight is 288 g/mol. The van der Waals surface area contributed by atoms with Crippen LogP contribution in [0.3, 0.4) is 0 Å². The summed E-state index contributed by atoms with van der Waals surface area (Å²) < 4.78 is 22.1. The van der Waals surface area contributed by atoms with Crippen molar-refractivity contribution in [3.05, 3.63) is 23.9 Å². The molecule has 6 heteroatoms. The number of nitrogens with zero attached hydrogens (tertiary/aromatic N) is 1. The SMILES string of the molecule is CCCNCc1cccnc1SCCS(C)(=O)=O. The van der Waals surface area contributed by atoms with Crippen LogP contribution in [0.1, 0.15) is 18.9 Å². The molecule has 1 heterocycles. The Morgan fingerprint density at radius 1 is 1.44 bits per heavy atom. The summed E-state index contributed by atoms with van der Waals surface area (Å²) in [6, 6.07) is 3.93. The molecule has 1 N–H and O–H groups in total. The van der Waals surface area contributed by atoms with Gasteiger partial charge in [0.1, 0.15) is 14.9 Å². The lowest BCUT2D eigenvalue weighted by molar-refractivity contribution is 0.603. The van der Waals surface area contributed by atoms with Crippen LogP contribution in [-0.2, 0) is 16.4 Å². The smallest absolute Gasteiger partial charge is 0.148 e. The van der Waals surface area contributed by atoms with Gasteiger partial charge in [0, 0.05) is 24.8 Å². The van der Waals surface area contributed by atoms with Crippen molar-refractivity contribution in [1.82, 2.24) is 10.3 Å². The minimum Gasteiger partial charge on any atom is -0.313 e. The number of hydrogen-bond acceptors (Lipinski definition) is 5. The van der Waals surface area contributed by atoms with Gasteiger partial charge in [0.25, 0.3) is 0 Å². The first-order valence-electron chi connectivity index (χ1n) is 5.98. The predicted molar refractivity (Wildman–Crippen MR) is 76.7 cm³/mol. The van der Waals surface area contributed by atoms with Crippen molar-refractivity contribution < 1.29 is 8.42 Å². The fourth-order valence-electron chi connectivity index (χ4n) is 1.38. The summed E-state index contributed by atoms with van der Waals surface area (Å²) in [5.74, 6) is 0.743. The van der Waals surface area contributed by atoms with Gasteiger partial charge < -0.3 is 5.32 Å². The van der Waals surface area contributed by atoms with Gasteiger partial charge in [-0.05, 0) is 24.6 Å². The van der Waals surface area contributed by atoms with E-state index >= 15 is 0 Å². The van der Waals surface area contributed by atoms with E-state index in [2.05, 4.69) is 17.2 Å². The second kappa shape index (κ2) is 7.76. The van der Waals surface area contributed by atoms with Crippen molar-refractivity contribution in [2.75, 3.05) is 24.3 Å². The first kappa shape index (κ1) is 15.5. The summed E-state index contributed by atoms with van der Waals surface area (Å²) in [5.41, 5.74) is 1.13. The third kappa shape index (κ3) is 6.37. The van der Waals surface area contributed by atoms with Gasteiger partial charge in [0.05, 0.1) is 5.75 Å². The van der Waals surface area contributed by atoms with Crippen LogP contribution in [0.5, 0.6) is 0 Å². The molecule has 1 rings (SSSR count). The Morgan fingerprint density at radius 2 is 2.22 bits per heavy atom. The third-order valence-electron chi connectivity index (χ3n) is 2.29. The van der Waals surface area contributed by atoms with Crippen molar-refractivity contribution in [1.29, 1.82) is 0 Å². The highest BCUT2D eigenvalue weighted by Crippen LogP contribution is 2.19. The van der Waals surface area contributed by atoms with Gasteiger partial charge in [-0.15, -0.1) is 11.8 Å². The standard InChI is InChI=1S/C12H20N2O2S2/c1-3-6-13-10-11-5-4-7-14-12(11)17-8-9-18(2,15)16/h4-5,7,13H,3,6,8-10H2,1-2H3. The quantitative estimate of drug-likeness (QED) is 0.583. The molecule has 0 spiro atoms. The second-order valence-electron chi connectivity index (χ2n) is 4.12. The van der Waals surface area contributed by atoms with Crippen molar-refractivity contribution in [2.45, 2.75) is 24.9 Å². The Hall–Kier alpha value is -0.590. The first-order valence-corrected chi connectivity index (χ1v) is 9.02. The van der Waals surface area contributed by atoms with Crippen LogP contribution in [0.15, 0.2) is 23.4 Å². The molecule has 4 nitrogen and oxygen atoms in total. The van der Waals surface area contributed by atoms with E-state index in [1.807, 2.05) is 12.1 Å². The van der Waals surface area contributed by atoms with Gasteiger partial charge in [-0.3, -0.25) is 0 Å². The maximum Gasteiger partial charge on any atom is 0.148 e. The zero-order valence-electron chi connectivity index (χ0n) is 10.8. The maximum absolute atomic E-state index is 11.1. The Kier molecular flexibility index (Phi) is 6.67. The number of rotatable bonds is 8. The number of thioether (sulfide) groups is 1. The lowest BCUT2D eigenvalue weighted by Crippen LogP contribution is -2.15. The molecule has 1 aromatic rings. The highest BCUT2D eigenvalue weighted by atomic mass is 32.2. The van der Waals surface area contributed by atoms with Crippen LogP contribution < -0.4 is 5.32 Å². The predicted octanol–water partition coefficient (Wildman–Crippen LogP) is 1.72. The number of aromatic nitrogens is 1. The van der Waals surface area contributed by atoms with Crippen molar-refractivity contribution in [2.24, 2.45) is 0 Å². The molecule has 1 aromatic heterocycles. The molecule has 0 aliphatic rings. The van der Waals surface area contributed by atoms with Gasteiger partial charge >= 0.3 is 0 Å². The summed E-state index contributed by atoms with van der Waals surface area (Å²) in [5, 5.41) is 4.25. The highest BCUT2D eigenvalue weighted by Gasteiger charge is 2.06. The van der Waals surface area contributed by atoms with E-state index < -0.39 is 9.84 Å². The topological polar surface area (TPSA) is 59.1 Å². The lowest BCUT2D eigenvalue weighted by Gasteiger charge is -2.08. The molecular formula is C12H20N2O2S2. The van der Waals surface area contributed by atoms with Gasteiger partial charge in [0.2, 0.25) is 0 Å². The largest absolute Gasteiger partial charge is 0.313 e. The zero-order valence-corrected chi connectivity index (χ0v) is 12.5. The van der Waals surface area contributed by atoms with Crippen LogP contribution in [0.25, 0.3) is 0 Å². The molecule has 0 amide bonds. The third-order valence-corrected chi connectivity index (χ3v) is 4.54. The molecule has 0 aromatic carbocycles. The molecule has 0 radical (unpaired) electrons. The number of nitrogens with one attached hydrogen (secondary N) is 1. The van der Waals surface area contributed by atoms with Crippen LogP contribution in [-0.4, -0.2) is 37.7 Å². The Labute approximate surface area is 114 Å². The molecule has 0 saturated carbocycles. The zero-order chi connectivity index (χ0) is 13.4. The van der Waals surface area contributed by atoms with Crippen molar-refractivity contribution in [3.63, 3.8) is 0 Å². The molecule has 0 aliphatic carbocycles. The molecule has 0 aliphatic heterocycles. The van der Waals surface area contributed by atoms with E-state index in [1.54, 1.807) is 6.20 Å². The van der Waals surface area contributed by atoms with Gasteiger partial charge in [-0.1, -0.05) is 13.0 Å². The normalized spacial score (nSPS) is 11.7. The molecule has 0 bridgehead atoms. The number of hydrogen-bond donors (Lipinski definition) is 1. The first-order chi connectivity index (χ1) is 8.53. The van der Waals surface area contributed by atoms with Crippen LogP contribution in [0.2, 0.25) is 0 Å². The molecule has 0 atom stereocenters. The molecule has 0 fully saturated rings. The Balaban J connectivity index is 2.53. The maximum atomic E-state index is 11.1. The summed E-state index contributed by atoms with van der Waals surface area (Å²) in [6.07, 6.45) is 4.10. The Bertz CT molecular complexity index is 461. The number of sulfone groups is 1. The van der Waals surface area contributed by atoms with Gasteiger partial charge in [-0.25, -0.2) is 13.4 Å². The molecule has 0 saturated heterocycles. The van der Waals surface area contributed by atoms with Gasteiger partial charge in [-0.2, -0.15) is 0 Å². The van der Waals surface area contributed by atoms with E-state index in [0.717, 1.165) is 30.1 Å². The summed E-state index contributed by atoms with van der Waals surface area (Å²) in [4.78, 5) is 4.31.